The number of nitrogens with one attached hydrogen (secondary N) is 1. The summed E-state index contributed by atoms with van der Waals surface area (Å²) in [6, 6.07) is 2.64. The van der Waals surface area contributed by atoms with Crippen LogP contribution in [0.4, 0.5) is 5.69 Å². The number of carboxylic acids is 1. The zero-order chi connectivity index (χ0) is 12.3. The van der Waals surface area contributed by atoms with E-state index in [-0.39, 0.29) is 21.3 Å². The highest BCUT2D eigenvalue weighted by Gasteiger charge is 2.11. The molecule has 0 saturated heterocycles. The number of nitrogens with two attached hydrogens (primary N) is 1. The third-order valence-electron chi connectivity index (χ3n) is 1.74. The normalized spacial score (nSPS) is 9.88. The SMILES string of the molecule is Nc1c(Cl)cc(C(=O)NCC(=O)O)cc1Cl. The van der Waals surface area contributed by atoms with Gasteiger partial charge in [-0.15, -0.1) is 0 Å². The fourth-order valence-corrected chi connectivity index (χ4v) is 1.46. The number of carbonyl (C=O) groups is 2. The van der Waals surface area contributed by atoms with Crippen LogP contribution < -0.4 is 11.1 Å². The van der Waals surface area contributed by atoms with Crippen LogP contribution in [0.2, 0.25) is 10.0 Å². The molecule has 1 aromatic rings. The van der Waals surface area contributed by atoms with Gasteiger partial charge in [0, 0.05) is 5.56 Å². The summed E-state index contributed by atoms with van der Waals surface area (Å²) in [7, 11) is 0. The Balaban J connectivity index is 2.88. The molecule has 0 aliphatic heterocycles. The van der Waals surface area contributed by atoms with Gasteiger partial charge in [0.15, 0.2) is 0 Å². The number of carbonyl (C=O) groups excluding carboxylic acids is 1. The van der Waals surface area contributed by atoms with Crippen molar-refractivity contribution in [2.45, 2.75) is 0 Å². The van der Waals surface area contributed by atoms with E-state index in [0.717, 1.165) is 0 Å². The largest absolute Gasteiger partial charge is 0.480 e. The third-order valence-corrected chi connectivity index (χ3v) is 2.37. The molecular formula is C9H8Cl2N2O3. The Morgan fingerprint density at radius 1 is 1.31 bits per heavy atom. The van der Waals surface area contributed by atoms with Crippen LogP contribution in [0.5, 0.6) is 0 Å². The molecule has 0 aliphatic rings. The minimum atomic E-state index is -1.14. The number of amides is 1. The van der Waals surface area contributed by atoms with Crippen LogP contribution in [-0.2, 0) is 4.79 Å². The molecule has 0 bridgehead atoms. The molecule has 0 aliphatic carbocycles. The Hall–Kier alpha value is -1.46. The third kappa shape index (κ3) is 3.01. The summed E-state index contributed by atoms with van der Waals surface area (Å²) in [6.07, 6.45) is 0. The fourth-order valence-electron chi connectivity index (χ4n) is 0.973. The molecule has 1 rings (SSSR count). The van der Waals surface area contributed by atoms with Crippen LogP contribution in [0.1, 0.15) is 10.4 Å². The van der Waals surface area contributed by atoms with E-state index in [4.69, 9.17) is 34.0 Å². The minimum Gasteiger partial charge on any atom is -0.480 e. The maximum absolute atomic E-state index is 11.4. The Bertz CT molecular complexity index is 425. The lowest BCUT2D eigenvalue weighted by Gasteiger charge is -2.06. The van der Waals surface area contributed by atoms with Crippen molar-refractivity contribution in [2.24, 2.45) is 0 Å². The standard InChI is InChI=1S/C9H8Cl2N2O3/c10-5-1-4(2-6(11)8(5)12)9(16)13-3-7(14)15/h1-2H,3,12H2,(H,13,16)(H,14,15). The number of benzene rings is 1. The van der Waals surface area contributed by atoms with Crippen molar-refractivity contribution in [1.82, 2.24) is 5.32 Å². The van der Waals surface area contributed by atoms with Crippen LogP contribution in [0.15, 0.2) is 12.1 Å². The van der Waals surface area contributed by atoms with E-state index in [2.05, 4.69) is 5.32 Å². The van der Waals surface area contributed by atoms with Crippen molar-refractivity contribution in [3.63, 3.8) is 0 Å². The molecule has 0 spiro atoms. The maximum Gasteiger partial charge on any atom is 0.322 e. The van der Waals surface area contributed by atoms with E-state index in [1.54, 1.807) is 0 Å². The average molecular weight is 263 g/mol. The van der Waals surface area contributed by atoms with Crippen molar-refractivity contribution in [2.75, 3.05) is 12.3 Å². The van der Waals surface area contributed by atoms with Gasteiger partial charge in [-0.2, -0.15) is 0 Å². The maximum atomic E-state index is 11.4. The van der Waals surface area contributed by atoms with E-state index in [1.165, 1.54) is 12.1 Å². The molecule has 86 valence electrons. The molecule has 7 heteroatoms. The zero-order valence-corrected chi connectivity index (χ0v) is 9.47. The number of rotatable bonds is 3. The van der Waals surface area contributed by atoms with Gasteiger partial charge >= 0.3 is 5.97 Å². The molecule has 0 fully saturated rings. The molecule has 0 unspecified atom stereocenters. The first-order valence-electron chi connectivity index (χ1n) is 4.16. The number of carboxylic acid groups (broad SMARTS) is 1. The molecule has 4 N–H and O–H groups in total. The van der Waals surface area contributed by atoms with Crippen LogP contribution >= 0.6 is 23.2 Å². The van der Waals surface area contributed by atoms with E-state index >= 15 is 0 Å². The van der Waals surface area contributed by atoms with Gasteiger partial charge in [-0.3, -0.25) is 9.59 Å². The van der Waals surface area contributed by atoms with E-state index < -0.39 is 18.4 Å². The summed E-state index contributed by atoms with van der Waals surface area (Å²) in [5, 5.41) is 10.8. The predicted molar refractivity (Wildman–Crippen MR) is 60.8 cm³/mol. The van der Waals surface area contributed by atoms with Crippen molar-refractivity contribution in [1.29, 1.82) is 0 Å². The molecule has 16 heavy (non-hydrogen) atoms. The van der Waals surface area contributed by atoms with Crippen molar-refractivity contribution in [3.8, 4) is 0 Å². The Kier molecular flexibility index (Phi) is 3.98. The lowest BCUT2D eigenvalue weighted by Crippen LogP contribution is -2.29. The minimum absolute atomic E-state index is 0.146. The van der Waals surface area contributed by atoms with Crippen molar-refractivity contribution in [3.05, 3.63) is 27.7 Å². The smallest absolute Gasteiger partial charge is 0.322 e. The highest BCUT2D eigenvalue weighted by molar-refractivity contribution is 6.39. The van der Waals surface area contributed by atoms with E-state index in [0.29, 0.717) is 0 Å². The van der Waals surface area contributed by atoms with Crippen LogP contribution in [0, 0.1) is 0 Å². The number of nitrogen functional groups attached to an aromatic ring is 1. The molecule has 0 radical (unpaired) electrons. The summed E-state index contributed by atoms with van der Waals surface area (Å²) >= 11 is 11.4. The molecule has 1 aromatic carbocycles. The van der Waals surface area contributed by atoms with E-state index in [9.17, 15) is 9.59 Å². The van der Waals surface area contributed by atoms with Gasteiger partial charge in [-0.25, -0.2) is 0 Å². The second-order valence-electron chi connectivity index (χ2n) is 2.93. The molecule has 0 heterocycles. The van der Waals surface area contributed by atoms with Gasteiger partial charge < -0.3 is 16.2 Å². The van der Waals surface area contributed by atoms with Crippen molar-refractivity contribution >= 4 is 40.8 Å². The quantitative estimate of drug-likeness (QED) is 0.718. The zero-order valence-electron chi connectivity index (χ0n) is 7.96. The number of hydrogen-bond acceptors (Lipinski definition) is 3. The number of anilines is 1. The van der Waals surface area contributed by atoms with E-state index in [1.807, 2.05) is 0 Å². The first kappa shape index (κ1) is 12.6. The summed E-state index contributed by atoms with van der Waals surface area (Å²) in [4.78, 5) is 21.7. The monoisotopic (exact) mass is 262 g/mol. The van der Waals surface area contributed by atoms with Gasteiger partial charge in [0.25, 0.3) is 5.91 Å². The first-order chi connectivity index (χ1) is 7.41. The second-order valence-corrected chi connectivity index (χ2v) is 3.74. The van der Waals surface area contributed by atoms with Gasteiger partial charge in [0.05, 0.1) is 15.7 Å². The Labute approximate surface area is 101 Å². The predicted octanol–water partition coefficient (Wildman–Crippen LogP) is 1.39. The van der Waals surface area contributed by atoms with Gasteiger partial charge in [0.1, 0.15) is 6.54 Å². The lowest BCUT2D eigenvalue weighted by molar-refractivity contribution is -0.135. The summed E-state index contributed by atoms with van der Waals surface area (Å²) in [5.74, 6) is -1.72. The summed E-state index contributed by atoms with van der Waals surface area (Å²) in [5.41, 5.74) is 5.82. The van der Waals surface area contributed by atoms with Crippen LogP contribution in [-0.4, -0.2) is 23.5 Å². The van der Waals surface area contributed by atoms with Crippen LogP contribution in [0.25, 0.3) is 0 Å². The molecule has 0 atom stereocenters. The molecular weight excluding hydrogens is 255 g/mol. The Morgan fingerprint density at radius 3 is 2.25 bits per heavy atom. The Morgan fingerprint density at radius 2 is 1.81 bits per heavy atom. The summed E-state index contributed by atoms with van der Waals surface area (Å²) in [6.45, 7) is -0.474. The highest BCUT2D eigenvalue weighted by atomic mass is 35.5. The van der Waals surface area contributed by atoms with Gasteiger partial charge in [-0.1, -0.05) is 23.2 Å². The van der Waals surface area contributed by atoms with Gasteiger partial charge in [-0.05, 0) is 12.1 Å². The van der Waals surface area contributed by atoms with Crippen molar-refractivity contribution < 1.29 is 14.7 Å². The average Bonchev–Trinajstić information content (AvgIpc) is 2.21. The molecule has 0 aromatic heterocycles. The lowest BCUT2D eigenvalue weighted by atomic mass is 10.2. The fraction of sp³-hybridized carbons (Fsp3) is 0.111. The van der Waals surface area contributed by atoms with Crippen LogP contribution in [0.3, 0.4) is 0 Å². The second kappa shape index (κ2) is 5.05. The molecule has 0 saturated carbocycles. The topological polar surface area (TPSA) is 92.4 Å². The number of halogens is 2. The number of aliphatic carboxylic acids is 1. The number of hydrogen-bond donors (Lipinski definition) is 3. The van der Waals surface area contributed by atoms with Gasteiger partial charge in [0.2, 0.25) is 0 Å². The first-order valence-corrected chi connectivity index (χ1v) is 4.92. The highest BCUT2D eigenvalue weighted by Crippen LogP contribution is 2.28. The molecule has 1 amide bonds. The summed E-state index contributed by atoms with van der Waals surface area (Å²) < 4.78 is 0. The molecule has 5 nitrogen and oxygen atoms in total.